The summed E-state index contributed by atoms with van der Waals surface area (Å²) in [5, 5.41) is 38.4. The molecular weight excluding hydrogens is 1370 g/mol. The van der Waals surface area contributed by atoms with E-state index in [9.17, 15) is 0 Å². The highest BCUT2D eigenvalue weighted by Gasteiger charge is 2.27. The molecule has 0 amide bonds. The smallest absolute Gasteiger partial charge is 0.137 e. The monoisotopic (exact) mass is 1510 g/mol. The number of aliphatic hydroxyl groups is 3. The number of aryl methyl sites for hydroxylation is 5. The lowest BCUT2D eigenvalue weighted by Gasteiger charge is -2.29. The zero-order valence-electron chi connectivity index (χ0n) is 74.9. The molecule has 11 rings (SSSR count). The summed E-state index contributed by atoms with van der Waals surface area (Å²) in [6.45, 7) is 70.8. The van der Waals surface area contributed by atoms with Crippen molar-refractivity contribution in [2.75, 3.05) is 25.6 Å². The Bertz CT molecular complexity index is 4400. The minimum Gasteiger partial charge on any atom is -0.392 e. The minimum atomic E-state index is -0.0179. The first-order chi connectivity index (χ1) is 51.0. The summed E-state index contributed by atoms with van der Waals surface area (Å²) in [5.41, 5.74) is 21.9. The maximum absolute atomic E-state index is 9.16. The van der Waals surface area contributed by atoms with E-state index in [1.54, 1.807) is 12.4 Å². The number of aliphatic hydroxyl groups excluding tert-OH is 3. The molecule has 0 unspecified atom stereocenters. The lowest BCUT2D eigenvalue weighted by atomic mass is 9.80. The van der Waals surface area contributed by atoms with Crippen LogP contribution in [0, 0.1) is 33.1 Å². The average Bonchev–Trinajstić information content (AvgIpc) is 1.65. The quantitative estimate of drug-likeness (QED) is 0.132. The zero-order valence-corrected chi connectivity index (χ0v) is 74.9. The van der Waals surface area contributed by atoms with Gasteiger partial charge in [0.1, 0.15) is 12.1 Å². The highest BCUT2D eigenvalue weighted by Crippen LogP contribution is 2.36. The van der Waals surface area contributed by atoms with Crippen LogP contribution in [0.1, 0.15) is 266 Å². The molecule has 10 aromatic rings. The molecule has 1 aliphatic heterocycles. The third-order valence-corrected chi connectivity index (χ3v) is 18.7. The predicted octanol–water partition coefficient (Wildman–Crippen LogP) is 23.7. The van der Waals surface area contributed by atoms with Gasteiger partial charge in [-0.3, -0.25) is 15.0 Å². The van der Waals surface area contributed by atoms with E-state index in [1.807, 2.05) is 63.8 Å². The second-order valence-electron chi connectivity index (χ2n) is 38.2. The Morgan fingerprint density at radius 2 is 0.955 bits per heavy atom. The highest BCUT2D eigenvalue weighted by atomic mass is 16.5. The molecule has 13 nitrogen and oxygen atoms in total. The lowest BCUT2D eigenvalue weighted by Crippen LogP contribution is -2.23. The fourth-order valence-electron chi connectivity index (χ4n) is 13.1. The van der Waals surface area contributed by atoms with Crippen LogP contribution in [-0.2, 0) is 63.6 Å². The molecule has 604 valence electrons. The van der Waals surface area contributed by atoms with Crippen LogP contribution in [0.3, 0.4) is 0 Å². The van der Waals surface area contributed by atoms with Crippen molar-refractivity contribution in [1.82, 2.24) is 40.0 Å². The third-order valence-electron chi connectivity index (χ3n) is 18.7. The van der Waals surface area contributed by atoms with Gasteiger partial charge in [0.05, 0.1) is 36.9 Å². The Morgan fingerprint density at radius 3 is 1.36 bits per heavy atom. The van der Waals surface area contributed by atoms with Crippen molar-refractivity contribution < 1.29 is 19.8 Å². The molecule has 0 fully saturated rings. The summed E-state index contributed by atoms with van der Waals surface area (Å²) in [5.74, 6) is 0.940. The van der Waals surface area contributed by atoms with Gasteiger partial charge in [-0.15, -0.1) is 0 Å². The molecule has 0 saturated heterocycles. The molecule has 4 N–H and O–H groups in total. The number of allylic oxidation sites excluding steroid dienone is 1. The SMILES string of the molecule is C=C1NC=CC(CO)=C1C(C)(C)C.CC(C)(C)c1ccc2ccccc2c1.CC(C)(C)c1cccnc1.CC(C)(C)c1ccncc1.CN(C)c1ccc(C(C)(C)C)cc1.Cc1ccnc(CO)c1C(C)(C)C.Cc1ncnc(CO)c1C(C)(C)C.Cc1noc(C)c1C(C)(C)C.Cn1cc(C(C)(C)C)c2ccccc21. The number of nitrogens with one attached hydrogen (secondary N) is 1. The van der Waals surface area contributed by atoms with Crippen molar-refractivity contribution in [2.45, 2.75) is 271 Å². The number of hydrogen-bond donors (Lipinski definition) is 4. The van der Waals surface area contributed by atoms with Gasteiger partial charge >= 0.3 is 0 Å². The number of pyridine rings is 3. The van der Waals surface area contributed by atoms with Crippen LogP contribution in [0.4, 0.5) is 5.69 Å². The average molecular weight is 1510 g/mol. The van der Waals surface area contributed by atoms with Gasteiger partial charge in [0.15, 0.2) is 0 Å². The van der Waals surface area contributed by atoms with E-state index < -0.39 is 0 Å². The van der Waals surface area contributed by atoms with Crippen LogP contribution in [0.15, 0.2) is 205 Å². The van der Waals surface area contributed by atoms with Gasteiger partial charge in [-0.05, 0) is 186 Å². The van der Waals surface area contributed by atoms with E-state index in [0.29, 0.717) is 0 Å². The second-order valence-corrected chi connectivity index (χ2v) is 38.2. The zero-order chi connectivity index (χ0) is 84.6. The Labute approximate surface area is 671 Å². The number of anilines is 1. The van der Waals surface area contributed by atoms with Gasteiger partial charge in [-0.25, -0.2) is 9.97 Å². The summed E-state index contributed by atoms with van der Waals surface area (Å²) in [6, 6.07) is 42.7. The van der Waals surface area contributed by atoms with E-state index in [1.165, 1.54) is 72.6 Å². The first kappa shape index (κ1) is 96.3. The molecule has 6 aromatic heterocycles. The number of nitrogens with zero attached hydrogens (tertiary/aromatic N) is 8. The van der Waals surface area contributed by atoms with Gasteiger partial charge in [0.2, 0.25) is 0 Å². The molecule has 0 aliphatic carbocycles. The fraction of sp³-hybridized carbons (Fsp3) is 0.469. The first-order valence-corrected chi connectivity index (χ1v) is 39.0. The number of aromatic nitrogens is 7. The number of dihydropyridines is 1. The van der Waals surface area contributed by atoms with Crippen LogP contribution in [0.2, 0.25) is 0 Å². The molecule has 0 spiro atoms. The fourth-order valence-corrected chi connectivity index (χ4v) is 13.1. The van der Waals surface area contributed by atoms with Crippen LogP contribution in [0.25, 0.3) is 21.7 Å². The van der Waals surface area contributed by atoms with Gasteiger partial charge in [0, 0.05) is 104 Å². The normalized spacial score (nSPS) is 12.5. The highest BCUT2D eigenvalue weighted by molar-refractivity contribution is 5.85. The number of benzene rings is 4. The molecule has 0 bridgehead atoms. The minimum absolute atomic E-state index is 0.0105. The summed E-state index contributed by atoms with van der Waals surface area (Å²) < 4.78 is 7.28. The number of hydrogen-bond acceptors (Lipinski definition) is 12. The third kappa shape index (κ3) is 31.0. The molecule has 0 atom stereocenters. The van der Waals surface area contributed by atoms with Gasteiger partial charge < -0.3 is 34.6 Å². The Balaban J connectivity index is 0.000000324. The van der Waals surface area contributed by atoms with E-state index in [4.69, 9.17) is 19.8 Å². The van der Waals surface area contributed by atoms with Crippen molar-refractivity contribution in [3.63, 3.8) is 0 Å². The standard InChI is InChI=1S/C14H16.C13H17N.C12H19N.2C11H17NO.C10H16N2O.C9H15NO.2C9H13N/c1-14(2,3)13-9-8-11-6-4-5-7-12(11)10-13;1-13(2,3)11-9-14(4)12-8-6-5-7-10(11)12;1-12(2,3)10-6-8-11(9-7-10)13(4)5;1-8-10(11(2,3)4)9(7-13)5-6-12-8;1-8-5-6-12-9(7-13)10(8)11(2,3)4;1-7-9(10(2,3)4)8(5-13)12-6-11-7;1-6-8(9(3,4)5)7(2)11-10-6;1-9(2,3)8-4-6-10-7-5-8;1-9(2,3)8-5-4-6-10-7-8/h4-10H,1-3H3;5-9H,1-4H3;6-9H,1-5H3;5-6,12-13H,1,7H2,2-4H3;5-6,13H,7H2,1-4H3;6,13H,5H2,1-4H3;1-5H3;2*4-7H,1-3H3. The van der Waals surface area contributed by atoms with Crippen LogP contribution >= 0.6 is 0 Å². The largest absolute Gasteiger partial charge is 0.392 e. The van der Waals surface area contributed by atoms with Crippen LogP contribution < -0.4 is 10.2 Å². The topological polar surface area (TPSA) is 171 Å². The van der Waals surface area contributed by atoms with Crippen LogP contribution in [-0.4, -0.2) is 70.7 Å². The molecule has 111 heavy (non-hydrogen) atoms. The van der Waals surface area contributed by atoms with Gasteiger partial charge in [-0.2, -0.15) is 0 Å². The second kappa shape index (κ2) is 41.1. The Morgan fingerprint density at radius 1 is 0.450 bits per heavy atom. The van der Waals surface area contributed by atoms with Crippen molar-refractivity contribution in [3.05, 3.63) is 279 Å². The number of fused-ring (bicyclic) bond motifs is 2. The molecule has 0 saturated carbocycles. The number of para-hydroxylation sites is 1. The van der Waals surface area contributed by atoms with E-state index in [-0.39, 0.29) is 68.6 Å². The summed E-state index contributed by atoms with van der Waals surface area (Å²) in [6.07, 6.45) is 16.6. The van der Waals surface area contributed by atoms with Gasteiger partial charge in [-0.1, -0.05) is 278 Å². The predicted molar refractivity (Wildman–Crippen MR) is 474 cm³/mol. The molecule has 0 radical (unpaired) electrons. The maximum atomic E-state index is 9.16. The molecule has 7 heterocycles. The van der Waals surface area contributed by atoms with E-state index in [0.717, 1.165) is 56.5 Å². The number of rotatable bonds is 4. The summed E-state index contributed by atoms with van der Waals surface area (Å²) in [7, 11) is 6.23. The van der Waals surface area contributed by atoms with Crippen LogP contribution in [0.5, 0.6) is 0 Å². The van der Waals surface area contributed by atoms with Crippen molar-refractivity contribution in [2.24, 2.45) is 12.5 Å². The lowest BCUT2D eigenvalue weighted by molar-refractivity contribution is 0.272. The summed E-state index contributed by atoms with van der Waals surface area (Å²) >= 11 is 0. The van der Waals surface area contributed by atoms with Crippen molar-refractivity contribution in [1.29, 1.82) is 0 Å². The Hall–Kier alpha value is -8.88. The van der Waals surface area contributed by atoms with Crippen molar-refractivity contribution in [3.8, 4) is 0 Å². The Kier molecular flexibility index (Phi) is 35.6. The van der Waals surface area contributed by atoms with E-state index >= 15 is 0 Å². The summed E-state index contributed by atoms with van der Waals surface area (Å²) in [4.78, 5) is 22.5. The first-order valence-electron chi connectivity index (χ1n) is 39.0. The maximum Gasteiger partial charge on any atom is 0.137 e. The molecular formula is C98H143N9O4. The molecule has 1 aliphatic rings. The van der Waals surface area contributed by atoms with Gasteiger partial charge in [0.25, 0.3) is 0 Å². The van der Waals surface area contributed by atoms with Crippen molar-refractivity contribution >= 4 is 27.4 Å². The van der Waals surface area contributed by atoms with E-state index in [2.05, 4.69) is 382 Å². The molecule has 13 heteroatoms. The molecule has 4 aromatic carbocycles.